The Morgan fingerprint density at radius 3 is 2.71 bits per heavy atom. The molecule has 2 aliphatic rings. The van der Waals surface area contributed by atoms with Crippen LogP contribution >= 0.6 is 11.6 Å². The quantitative estimate of drug-likeness (QED) is 0.303. The average Bonchev–Trinajstić information content (AvgIpc) is 3.31. The first-order chi connectivity index (χ1) is 16.5. The number of nitrogens with one attached hydrogen (secondary N) is 2. The van der Waals surface area contributed by atoms with Crippen molar-refractivity contribution in [3.8, 4) is 0 Å². The van der Waals surface area contributed by atoms with Crippen molar-refractivity contribution in [2.45, 2.75) is 83.2 Å². The van der Waals surface area contributed by atoms with Crippen LogP contribution in [-0.4, -0.2) is 49.9 Å². The molecule has 190 valence electrons. The predicted octanol–water partition coefficient (Wildman–Crippen LogP) is 2.31. The van der Waals surface area contributed by atoms with Gasteiger partial charge in [-0.25, -0.2) is 9.29 Å². The summed E-state index contributed by atoms with van der Waals surface area (Å²) in [5.41, 5.74) is 0.570. The number of fused-ring (bicyclic) bond motifs is 3. The largest absolute Gasteiger partial charge is 0.396 e. The van der Waals surface area contributed by atoms with Gasteiger partial charge in [0.05, 0.1) is 16.8 Å². The van der Waals surface area contributed by atoms with E-state index in [1.165, 1.54) is 12.1 Å². The second kappa shape index (κ2) is 9.83. The highest BCUT2D eigenvalue weighted by molar-refractivity contribution is 6.39. The first kappa shape index (κ1) is 25.5. The van der Waals surface area contributed by atoms with E-state index in [9.17, 15) is 14.0 Å². The van der Waals surface area contributed by atoms with Gasteiger partial charge in [0.2, 0.25) is 0 Å². The number of carbonyl (C=O) groups is 2. The second-order valence-corrected chi connectivity index (χ2v) is 10.7. The van der Waals surface area contributed by atoms with Crippen LogP contribution in [0, 0.1) is 5.82 Å². The molecule has 0 aliphatic carbocycles. The van der Waals surface area contributed by atoms with E-state index in [4.69, 9.17) is 21.9 Å². The van der Waals surface area contributed by atoms with Gasteiger partial charge in [0.25, 0.3) is 0 Å². The summed E-state index contributed by atoms with van der Waals surface area (Å²) in [6, 6.07) is 3.59. The number of aryl methyl sites for hydroxylation is 1. The molecule has 4 rings (SSSR count). The fraction of sp³-hybridized carbons (Fsp3) is 0.583. The van der Waals surface area contributed by atoms with Crippen LogP contribution in [0.1, 0.15) is 58.6 Å². The Hall–Kier alpha value is -2.56. The molecular weight excluding hydrogens is 475 g/mol. The Balaban J connectivity index is 1.44. The molecule has 1 aromatic carbocycles. The van der Waals surface area contributed by atoms with Crippen LogP contribution < -0.4 is 15.3 Å². The molecule has 0 radical (unpaired) electrons. The van der Waals surface area contributed by atoms with Crippen LogP contribution in [0.2, 0.25) is 5.02 Å². The number of halogens is 2. The van der Waals surface area contributed by atoms with Gasteiger partial charge in [-0.05, 0) is 64.7 Å². The van der Waals surface area contributed by atoms with E-state index in [1.54, 1.807) is 0 Å². The van der Waals surface area contributed by atoms with Crippen molar-refractivity contribution in [1.29, 1.82) is 0 Å². The van der Waals surface area contributed by atoms with Crippen molar-refractivity contribution in [2.24, 2.45) is 0 Å². The standard InChI is InChI=1S/C24H32ClFN6O3/c1-23(2)12-17(28-22(35)21(34)27-16-7-8-19(25)20(26)11-16)13-24(3)31(23)15-18-14-30(29-32(18)24)9-5-4-6-10-33/h7-8,11,14,17,33H,4-6,9-10,12-13,15H2,1-3H3,(H-,27,28,34,35)/p+1. The lowest BCUT2D eigenvalue weighted by molar-refractivity contribution is -0.756. The van der Waals surface area contributed by atoms with Crippen molar-refractivity contribution in [1.82, 2.24) is 20.1 Å². The lowest BCUT2D eigenvalue weighted by atomic mass is 9.81. The van der Waals surface area contributed by atoms with Gasteiger partial charge in [-0.3, -0.25) is 9.59 Å². The highest BCUT2D eigenvalue weighted by Gasteiger charge is 2.58. The topological polar surface area (TPSA) is 103 Å². The second-order valence-electron chi connectivity index (χ2n) is 10.2. The molecule has 1 aromatic heterocycles. The molecule has 2 unspecified atom stereocenters. The highest BCUT2D eigenvalue weighted by Crippen LogP contribution is 2.46. The zero-order valence-corrected chi connectivity index (χ0v) is 21.1. The zero-order valence-electron chi connectivity index (χ0n) is 20.4. The minimum atomic E-state index is -0.857. The van der Waals surface area contributed by atoms with Crippen LogP contribution in [0.4, 0.5) is 10.1 Å². The predicted molar refractivity (Wildman–Crippen MR) is 128 cm³/mol. The number of hydrogen-bond donors (Lipinski definition) is 3. The van der Waals surface area contributed by atoms with E-state index in [1.807, 2.05) is 9.36 Å². The van der Waals surface area contributed by atoms with E-state index in [-0.39, 0.29) is 28.9 Å². The number of aliphatic hydroxyl groups excluding tert-OH is 1. The number of anilines is 1. The van der Waals surface area contributed by atoms with E-state index < -0.39 is 23.3 Å². The number of unbranched alkanes of at least 4 members (excludes halogenated alkanes) is 2. The Kier molecular flexibility index (Phi) is 7.17. The number of hydrogen-bond acceptors (Lipinski definition) is 5. The molecule has 2 aliphatic heterocycles. The fourth-order valence-electron chi connectivity index (χ4n) is 5.49. The maximum absolute atomic E-state index is 13.7. The first-order valence-corrected chi connectivity index (χ1v) is 12.4. The van der Waals surface area contributed by atoms with Gasteiger partial charge in [0, 0.05) is 30.3 Å². The summed E-state index contributed by atoms with van der Waals surface area (Å²) in [6.45, 7) is 8.12. The van der Waals surface area contributed by atoms with Crippen molar-refractivity contribution in [2.75, 3.05) is 11.9 Å². The SMILES string of the molecule is CC1(C)CC(NC(=O)C(=O)Nc2ccc(Cl)c(F)c2)CC2(C)N1Cc1c[n+](CCCCCO)nn12. The summed E-state index contributed by atoms with van der Waals surface area (Å²) in [7, 11) is 0. The third-order valence-corrected chi connectivity index (χ3v) is 7.31. The van der Waals surface area contributed by atoms with Gasteiger partial charge < -0.3 is 15.7 Å². The number of amides is 2. The molecule has 9 nitrogen and oxygen atoms in total. The van der Waals surface area contributed by atoms with Crippen molar-refractivity contribution < 1.29 is 23.8 Å². The number of piperidine rings is 1. The lowest BCUT2D eigenvalue weighted by Gasteiger charge is -2.50. The number of benzene rings is 1. The van der Waals surface area contributed by atoms with Gasteiger partial charge in [0.15, 0.2) is 17.6 Å². The Morgan fingerprint density at radius 1 is 1.23 bits per heavy atom. The molecule has 1 fully saturated rings. The molecule has 35 heavy (non-hydrogen) atoms. The summed E-state index contributed by atoms with van der Waals surface area (Å²) in [6.07, 6.45) is 6.01. The summed E-state index contributed by atoms with van der Waals surface area (Å²) in [5.74, 6) is -2.30. The molecule has 2 aromatic rings. The van der Waals surface area contributed by atoms with Crippen molar-refractivity contribution in [3.63, 3.8) is 0 Å². The molecule has 11 heteroatoms. The summed E-state index contributed by atoms with van der Waals surface area (Å²) in [4.78, 5) is 27.6. The van der Waals surface area contributed by atoms with Crippen LogP contribution in [0.15, 0.2) is 24.4 Å². The van der Waals surface area contributed by atoms with E-state index in [2.05, 4.69) is 42.5 Å². The molecular formula is C24H33ClFN6O3+. The van der Waals surface area contributed by atoms with E-state index in [0.717, 1.165) is 44.1 Å². The zero-order chi connectivity index (χ0) is 25.4. The van der Waals surface area contributed by atoms with Gasteiger partial charge in [0.1, 0.15) is 12.4 Å². The third-order valence-electron chi connectivity index (χ3n) is 7.01. The van der Waals surface area contributed by atoms with Gasteiger partial charge in [-0.2, -0.15) is 0 Å². The van der Waals surface area contributed by atoms with Crippen molar-refractivity contribution >= 4 is 29.1 Å². The number of aromatic nitrogens is 3. The minimum absolute atomic E-state index is 0.0595. The van der Waals surface area contributed by atoms with Crippen LogP contribution in [0.3, 0.4) is 0 Å². The van der Waals surface area contributed by atoms with Gasteiger partial charge in [-0.15, -0.1) is 9.36 Å². The molecule has 1 saturated heterocycles. The summed E-state index contributed by atoms with van der Waals surface area (Å²) in [5, 5.41) is 19.0. The number of nitrogens with zero attached hydrogens (tertiary/aromatic N) is 4. The first-order valence-electron chi connectivity index (χ1n) is 12.0. The van der Waals surface area contributed by atoms with Crippen LogP contribution in [-0.2, 0) is 28.3 Å². The Labute approximate surface area is 209 Å². The molecule has 3 heterocycles. The van der Waals surface area contributed by atoms with Crippen LogP contribution in [0.25, 0.3) is 0 Å². The number of aliphatic hydroxyl groups is 1. The maximum atomic E-state index is 13.7. The van der Waals surface area contributed by atoms with E-state index in [0.29, 0.717) is 12.8 Å². The molecule has 3 N–H and O–H groups in total. The Bertz CT molecular complexity index is 1120. The smallest absolute Gasteiger partial charge is 0.313 e. The molecule has 2 amide bonds. The molecule has 2 atom stereocenters. The normalized spacial score (nSPS) is 23.0. The van der Waals surface area contributed by atoms with Gasteiger partial charge >= 0.3 is 11.8 Å². The van der Waals surface area contributed by atoms with Gasteiger partial charge in [-0.1, -0.05) is 11.6 Å². The Morgan fingerprint density at radius 2 is 2.00 bits per heavy atom. The number of carbonyl (C=O) groups excluding carboxylic acids is 2. The average molecular weight is 508 g/mol. The summed E-state index contributed by atoms with van der Waals surface area (Å²) < 4.78 is 17.7. The third kappa shape index (κ3) is 5.19. The minimum Gasteiger partial charge on any atom is -0.396 e. The fourth-order valence-corrected chi connectivity index (χ4v) is 5.60. The number of rotatable bonds is 7. The van der Waals surface area contributed by atoms with E-state index >= 15 is 0 Å². The highest BCUT2D eigenvalue weighted by atomic mass is 35.5. The summed E-state index contributed by atoms with van der Waals surface area (Å²) >= 11 is 5.68. The van der Waals surface area contributed by atoms with Crippen molar-refractivity contribution in [3.05, 3.63) is 40.9 Å². The maximum Gasteiger partial charge on any atom is 0.313 e. The molecule has 0 saturated carbocycles. The monoisotopic (exact) mass is 507 g/mol. The lowest BCUT2D eigenvalue weighted by Crippen LogP contribution is -2.63. The molecule has 0 spiro atoms. The van der Waals surface area contributed by atoms with Crippen LogP contribution in [0.5, 0.6) is 0 Å². The molecule has 0 bridgehead atoms.